The van der Waals surface area contributed by atoms with Gasteiger partial charge in [0, 0.05) is 6.92 Å². The molecule has 3 atom stereocenters. The summed E-state index contributed by atoms with van der Waals surface area (Å²) in [4.78, 5) is 11.8. The lowest BCUT2D eigenvalue weighted by Crippen LogP contribution is -2.53. The molecule has 0 aliphatic heterocycles. The number of rotatable bonds is 18. The zero-order chi connectivity index (χ0) is 26.4. The molecule has 34 heavy (non-hydrogen) atoms. The van der Waals surface area contributed by atoms with Crippen molar-refractivity contribution in [1.82, 2.24) is 0 Å². The largest absolute Gasteiger partial charge is 0.458 e. The van der Waals surface area contributed by atoms with Gasteiger partial charge in [0.15, 0.2) is 16.6 Å². The van der Waals surface area contributed by atoms with Crippen molar-refractivity contribution in [2.45, 2.75) is 156 Å². The highest BCUT2D eigenvalue weighted by Gasteiger charge is 2.43. The topological polar surface area (TPSA) is 44.8 Å². The third-order valence-electron chi connectivity index (χ3n) is 7.71. The molecule has 0 rings (SSSR count). The van der Waals surface area contributed by atoms with E-state index in [9.17, 15) is 4.79 Å². The minimum absolute atomic E-state index is 0.0274. The van der Waals surface area contributed by atoms with Gasteiger partial charge in [-0.05, 0) is 60.6 Å². The Hall–Kier alpha value is -0.436. The summed E-state index contributed by atoms with van der Waals surface area (Å²) in [6.07, 6.45) is 8.13. The van der Waals surface area contributed by atoms with Crippen LogP contribution in [0.15, 0.2) is 12.2 Å². The summed E-state index contributed by atoms with van der Waals surface area (Å²) in [7, 11) is -3.74. The average molecular weight is 515 g/mol. The molecular weight excluding hydrogens is 456 g/mol. The van der Waals surface area contributed by atoms with Crippen LogP contribution in [-0.2, 0) is 18.4 Å². The van der Waals surface area contributed by atoms with Gasteiger partial charge >= 0.3 is 5.97 Å². The van der Waals surface area contributed by atoms with Gasteiger partial charge in [-0.25, -0.2) is 0 Å². The van der Waals surface area contributed by atoms with Gasteiger partial charge in [-0.3, -0.25) is 4.79 Å². The highest BCUT2D eigenvalue weighted by Crippen LogP contribution is 2.36. The Morgan fingerprint density at radius 2 is 1.24 bits per heavy atom. The smallest absolute Gasteiger partial charge is 0.303 e. The van der Waals surface area contributed by atoms with E-state index in [4.69, 9.17) is 13.6 Å². The first-order valence-corrected chi connectivity index (χ1v) is 19.2. The first kappa shape index (κ1) is 33.6. The molecule has 0 heterocycles. The Balaban J connectivity index is 6.36. The Morgan fingerprint density at radius 3 is 1.62 bits per heavy atom. The summed E-state index contributed by atoms with van der Waals surface area (Å²) >= 11 is 0. The molecule has 0 bridgehead atoms. The summed E-state index contributed by atoms with van der Waals surface area (Å²) < 4.78 is 20.0. The number of ether oxygens (including phenoxy) is 1. The monoisotopic (exact) mass is 514 g/mol. The molecule has 0 spiro atoms. The molecule has 0 aliphatic rings. The molecule has 0 aromatic heterocycles. The van der Waals surface area contributed by atoms with Gasteiger partial charge in [0.25, 0.3) is 0 Å². The second-order valence-corrected chi connectivity index (χ2v) is 20.4. The number of hydrogen-bond acceptors (Lipinski definition) is 4. The average Bonchev–Trinajstić information content (AvgIpc) is 2.80. The fourth-order valence-electron chi connectivity index (χ4n) is 4.73. The Kier molecular flexibility index (Phi) is 16.1. The molecule has 0 saturated heterocycles. The highest BCUT2D eigenvalue weighted by atomic mass is 28.4. The molecule has 0 radical (unpaired) electrons. The molecule has 4 nitrogen and oxygen atoms in total. The molecule has 0 aromatic rings. The summed E-state index contributed by atoms with van der Waals surface area (Å²) in [5, 5.41) is 0. The standard InChI is InChI=1S/C28H58O4Si2/c1-12-19-20-21-25(30-24(8)29)22-23-26(31-33(13-2,14-3)15-4)27(28(9,10)11)32-34(16-5,17-6)18-7/h22-23,25-27H,12-21H2,1-11H3/b23-22+/t25-,26+,27-/m0/s1. The molecule has 0 unspecified atom stereocenters. The SMILES string of the molecule is CCCCC[C@@H](/C=C/[C@@H](O[Si](CC)(CC)CC)[C@H](O[Si](CC)(CC)CC)C(C)(C)C)OC(C)=O. The first-order valence-electron chi connectivity index (χ1n) is 14.1. The fraction of sp³-hybridized carbons (Fsp3) is 0.893. The van der Waals surface area contributed by atoms with E-state index in [0.717, 1.165) is 61.9 Å². The second-order valence-electron chi connectivity index (χ2n) is 11.0. The van der Waals surface area contributed by atoms with E-state index in [2.05, 4.69) is 81.4 Å². The van der Waals surface area contributed by atoms with Gasteiger partial charge in [0.2, 0.25) is 0 Å². The van der Waals surface area contributed by atoms with E-state index in [0.29, 0.717) is 0 Å². The molecule has 0 fully saturated rings. The quantitative estimate of drug-likeness (QED) is 0.0792. The molecule has 0 amide bonds. The molecule has 0 aliphatic carbocycles. The maximum absolute atomic E-state index is 11.8. The molecule has 0 aromatic carbocycles. The van der Waals surface area contributed by atoms with Crippen molar-refractivity contribution in [2.75, 3.05) is 0 Å². The van der Waals surface area contributed by atoms with Crippen molar-refractivity contribution in [3.05, 3.63) is 12.2 Å². The predicted octanol–water partition coefficient (Wildman–Crippen LogP) is 8.88. The minimum atomic E-state index is -1.89. The lowest BCUT2D eigenvalue weighted by atomic mass is 9.85. The van der Waals surface area contributed by atoms with Crippen LogP contribution in [0.1, 0.15) is 102 Å². The van der Waals surface area contributed by atoms with Crippen LogP contribution in [0.3, 0.4) is 0 Å². The lowest BCUT2D eigenvalue weighted by molar-refractivity contribution is -0.144. The summed E-state index contributed by atoms with van der Waals surface area (Å²) in [6.45, 7) is 24.2. The van der Waals surface area contributed by atoms with Crippen molar-refractivity contribution in [1.29, 1.82) is 0 Å². The number of hydrogen-bond donors (Lipinski definition) is 0. The zero-order valence-electron chi connectivity index (χ0n) is 24.6. The van der Waals surface area contributed by atoms with Crippen molar-refractivity contribution in [3.63, 3.8) is 0 Å². The van der Waals surface area contributed by atoms with Crippen LogP contribution in [0.5, 0.6) is 0 Å². The van der Waals surface area contributed by atoms with E-state index in [1.54, 1.807) is 0 Å². The van der Waals surface area contributed by atoms with Crippen molar-refractivity contribution < 1.29 is 18.4 Å². The van der Waals surface area contributed by atoms with Crippen LogP contribution in [0, 0.1) is 5.41 Å². The molecular formula is C28H58O4Si2. The Bertz CT molecular complexity index is 561. The van der Waals surface area contributed by atoms with E-state index in [1.807, 2.05) is 0 Å². The normalized spacial score (nSPS) is 16.0. The van der Waals surface area contributed by atoms with Gasteiger partial charge in [0.1, 0.15) is 6.10 Å². The maximum Gasteiger partial charge on any atom is 0.303 e. The van der Waals surface area contributed by atoms with E-state index in [1.165, 1.54) is 6.92 Å². The molecule has 6 heteroatoms. The van der Waals surface area contributed by atoms with Crippen LogP contribution >= 0.6 is 0 Å². The Morgan fingerprint density at radius 1 is 0.765 bits per heavy atom. The van der Waals surface area contributed by atoms with Gasteiger partial charge in [0.05, 0.1) is 12.2 Å². The predicted molar refractivity (Wildman–Crippen MR) is 152 cm³/mol. The van der Waals surface area contributed by atoms with Crippen LogP contribution < -0.4 is 0 Å². The number of carbonyl (C=O) groups is 1. The van der Waals surface area contributed by atoms with Gasteiger partial charge in [-0.1, -0.05) is 88.2 Å². The lowest BCUT2D eigenvalue weighted by Gasteiger charge is -2.45. The zero-order valence-corrected chi connectivity index (χ0v) is 26.6. The van der Waals surface area contributed by atoms with Crippen LogP contribution in [-0.4, -0.2) is 40.9 Å². The van der Waals surface area contributed by atoms with Gasteiger partial charge < -0.3 is 13.6 Å². The second kappa shape index (κ2) is 16.3. The highest BCUT2D eigenvalue weighted by molar-refractivity contribution is 6.74. The van der Waals surface area contributed by atoms with E-state index < -0.39 is 16.6 Å². The van der Waals surface area contributed by atoms with Crippen LogP contribution in [0.2, 0.25) is 36.3 Å². The number of carbonyl (C=O) groups excluding carboxylic acids is 1. The third kappa shape index (κ3) is 11.1. The molecule has 202 valence electrons. The number of esters is 1. The number of unbranched alkanes of at least 4 members (excludes halogenated alkanes) is 2. The van der Waals surface area contributed by atoms with Crippen LogP contribution in [0.4, 0.5) is 0 Å². The fourth-order valence-corrected chi connectivity index (χ4v) is 10.5. The first-order chi connectivity index (χ1) is 15.9. The minimum Gasteiger partial charge on any atom is -0.458 e. The third-order valence-corrected chi connectivity index (χ3v) is 17.0. The maximum atomic E-state index is 11.8. The van der Waals surface area contributed by atoms with Gasteiger partial charge in [-0.2, -0.15) is 0 Å². The van der Waals surface area contributed by atoms with E-state index >= 15 is 0 Å². The summed E-state index contributed by atoms with van der Waals surface area (Å²) in [5.74, 6) is -0.221. The van der Waals surface area contributed by atoms with Crippen molar-refractivity contribution in [2.24, 2.45) is 5.41 Å². The van der Waals surface area contributed by atoms with Crippen molar-refractivity contribution >= 4 is 22.6 Å². The van der Waals surface area contributed by atoms with Crippen molar-refractivity contribution in [3.8, 4) is 0 Å². The summed E-state index contributed by atoms with van der Waals surface area (Å²) in [6, 6.07) is 6.66. The summed E-state index contributed by atoms with van der Waals surface area (Å²) in [5.41, 5.74) is -0.0682. The van der Waals surface area contributed by atoms with Crippen LogP contribution in [0.25, 0.3) is 0 Å². The Labute approximate surface area is 214 Å². The molecule has 0 N–H and O–H groups in total. The molecule has 0 saturated carbocycles. The van der Waals surface area contributed by atoms with Gasteiger partial charge in [-0.15, -0.1) is 0 Å². The van der Waals surface area contributed by atoms with E-state index in [-0.39, 0.29) is 29.7 Å².